The average molecular weight is 374 g/mol. The first kappa shape index (κ1) is 13.2. The van der Waals surface area contributed by atoms with Gasteiger partial charge in [0.15, 0.2) is 10.8 Å². The van der Waals surface area contributed by atoms with Crippen LogP contribution in [0.4, 0.5) is 5.69 Å². The number of aryl methyl sites for hydroxylation is 1. The molecule has 0 spiro atoms. The van der Waals surface area contributed by atoms with Crippen LogP contribution < -0.4 is 5.32 Å². The van der Waals surface area contributed by atoms with Gasteiger partial charge in [0.25, 0.3) is 5.91 Å². The molecular formula is C12H9ClIN3O. The number of carbonyl (C=O) groups excluding carboxylic acids is 1. The Morgan fingerprint density at radius 1 is 1.28 bits per heavy atom. The second-order valence-electron chi connectivity index (χ2n) is 3.66. The summed E-state index contributed by atoms with van der Waals surface area (Å²) in [6, 6.07) is 8.76. The van der Waals surface area contributed by atoms with Crippen LogP contribution in [-0.4, -0.2) is 16.1 Å². The molecule has 0 unspecified atom stereocenters. The van der Waals surface area contributed by atoms with E-state index in [4.69, 9.17) is 11.6 Å². The maximum atomic E-state index is 11.9. The summed E-state index contributed by atoms with van der Waals surface area (Å²) in [5.41, 5.74) is 2.13. The van der Waals surface area contributed by atoms with Gasteiger partial charge in [0.2, 0.25) is 0 Å². The molecule has 0 saturated carbocycles. The maximum absolute atomic E-state index is 11.9. The predicted molar refractivity (Wildman–Crippen MR) is 78.9 cm³/mol. The van der Waals surface area contributed by atoms with Crippen LogP contribution >= 0.6 is 34.2 Å². The Hall–Kier alpha value is -1.21. The van der Waals surface area contributed by atoms with Crippen molar-refractivity contribution in [3.05, 3.63) is 50.3 Å². The summed E-state index contributed by atoms with van der Waals surface area (Å²) in [7, 11) is 0. The lowest BCUT2D eigenvalue weighted by Gasteiger charge is -2.06. The molecule has 0 bridgehead atoms. The van der Waals surface area contributed by atoms with E-state index in [1.165, 1.54) is 17.7 Å². The number of halogens is 2. The van der Waals surface area contributed by atoms with Crippen LogP contribution in [0.2, 0.25) is 5.15 Å². The number of benzene rings is 1. The van der Waals surface area contributed by atoms with Crippen LogP contribution in [0, 0.1) is 10.5 Å². The van der Waals surface area contributed by atoms with Gasteiger partial charge in [0.1, 0.15) is 0 Å². The van der Waals surface area contributed by atoms with Crippen molar-refractivity contribution in [1.82, 2.24) is 10.2 Å². The summed E-state index contributed by atoms with van der Waals surface area (Å²) >= 11 is 7.83. The molecule has 92 valence electrons. The van der Waals surface area contributed by atoms with Crippen LogP contribution in [0.15, 0.2) is 30.3 Å². The lowest BCUT2D eigenvalue weighted by atomic mass is 10.2. The predicted octanol–water partition coefficient (Wildman–Crippen LogP) is 3.30. The molecule has 0 radical (unpaired) electrons. The number of nitrogens with zero attached hydrogens (tertiary/aromatic N) is 2. The number of hydrogen-bond donors (Lipinski definition) is 1. The molecule has 0 atom stereocenters. The monoisotopic (exact) mass is 373 g/mol. The van der Waals surface area contributed by atoms with Gasteiger partial charge in [-0.15, -0.1) is 10.2 Å². The topological polar surface area (TPSA) is 54.9 Å². The van der Waals surface area contributed by atoms with Crippen molar-refractivity contribution >= 4 is 45.8 Å². The van der Waals surface area contributed by atoms with Gasteiger partial charge >= 0.3 is 0 Å². The third kappa shape index (κ3) is 3.17. The minimum absolute atomic E-state index is 0.231. The van der Waals surface area contributed by atoms with Gasteiger partial charge in [0.05, 0.1) is 0 Å². The molecule has 0 aliphatic heterocycles. The van der Waals surface area contributed by atoms with Gasteiger partial charge in [-0.05, 0) is 59.3 Å². The molecule has 0 aliphatic rings. The van der Waals surface area contributed by atoms with Gasteiger partial charge in [-0.2, -0.15) is 0 Å². The summed E-state index contributed by atoms with van der Waals surface area (Å²) in [5.74, 6) is -0.307. The molecule has 0 fully saturated rings. The highest BCUT2D eigenvalue weighted by atomic mass is 127. The van der Waals surface area contributed by atoms with Crippen molar-refractivity contribution in [3.8, 4) is 0 Å². The standard InChI is InChI=1S/C12H9ClIN3O/c1-7-2-3-8(6-9(7)14)15-12(18)10-4-5-11(13)17-16-10/h2-6H,1H3,(H,15,18). The molecule has 1 N–H and O–H groups in total. The SMILES string of the molecule is Cc1ccc(NC(=O)c2ccc(Cl)nn2)cc1I. The van der Waals surface area contributed by atoms with Gasteiger partial charge in [-0.25, -0.2) is 0 Å². The summed E-state index contributed by atoms with van der Waals surface area (Å²) in [6.07, 6.45) is 0. The van der Waals surface area contributed by atoms with Gasteiger partial charge in [-0.1, -0.05) is 17.7 Å². The second kappa shape index (κ2) is 5.62. The molecule has 0 aliphatic carbocycles. The van der Waals surface area contributed by atoms with E-state index in [9.17, 15) is 4.79 Å². The number of rotatable bonds is 2. The van der Waals surface area contributed by atoms with Crippen molar-refractivity contribution < 1.29 is 4.79 Å². The zero-order valence-corrected chi connectivity index (χ0v) is 12.4. The third-order valence-electron chi connectivity index (χ3n) is 2.29. The van der Waals surface area contributed by atoms with E-state index in [1.807, 2.05) is 25.1 Å². The lowest BCUT2D eigenvalue weighted by Crippen LogP contribution is -2.14. The van der Waals surface area contributed by atoms with E-state index in [0.29, 0.717) is 0 Å². The maximum Gasteiger partial charge on any atom is 0.276 e. The highest BCUT2D eigenvalue weighted by molar-refractivity contribution is 14.1. The number of carbonyl (C=O) groups is 1. The molecule has 1 heterocycles. The van der Waals surface area contributed by atoms with E-state index in [0.717, 1.165) is 9.26 Å². The average Bonchev–Trinajstić information content (AvgIpc) is 2.34. The quantitative estimate of drug-likeness (QED) is 0.822. The molecule has 2 rings (SSSR count). The fourth-order valence-corrected chi connectivity index (χ4v) is 1.92. The Bertz CT molecular complexity index is 586. The Kier molecular flexibility index (Phi) is 4.13. The molecule has 1 amide bonds. The van der Waals surface area contributed by atoms with Crippen LogP contribution in [-0.2, 0) is 0 Å². The van der Waals surface area contributed by atoms with Crippen LogP contribution in [0.5, 0.6) is 0 Å². The molecule has 6 heteroatoms. The van der Waals surface area contributed by atoms with E-state index >= 15 is 0 Å². The van der Waals surface area contributed by atoms with Crippen molar-refractivity contribution in [2.24, 2.45) is 0 Å². The van der Waals surface area contributed by atoms with E-state index in [2.05, 4.69) is 38.1 Å². The fourth-order valence-electron chi connectivity index (χ4n) is 1.30. The van der Waals surface area contributed by atoms with E-state index in [-0.39, 0.29) is 16.8 Å². The molecule has 0 saturated heterocycles. The normalized spacial score (nSPS) is 10.2. The first-order valence-corrected chi connectivity index (χ1v) is 6.58. The summed E-state index contributed by atoms with van der Waals surface area (Å²) in [4.78, 5) is 11.9. The zero-order chi connectivity index (χ0) is 13.1. The Morgan fingerprint density at radius 3 is 2.67 bits per heavy atom. The molecule has 18 heavy (non-hydrogen) atoms. The van der Waals surface area contributed by atoms with Crippen LogP contribution in [0.1, 0.15) is 16.1 Å². The first-order chi connectivity index (χ1) is 8.56. The summed E-state index contributed by atoms with van der Waals surface area (Å²) < 4.78 is 1.09. The number of amides is 1. The first-order valence-electron chi connectivity index (χ1n) is 5.13. The van der Waals surface area contributed by atoms with Crippen LogP contribution in [0.25, 0.3) is 0 Å². The second-order valence-corrected chi connectivity index (χ2v) is 5.21. The number of hydrogen-bond acceptors (Lipinski definition) is 3. The Labute approximate surface area is 123 Å². The van der Waals surface area contributed by atoms with Gasteiger partial charge in [-0.3, -0.25) is 4.79 Å². The third-order valence-corrected chi connectivity index (χ3v) is 3.66. The zero-order valence-electron chi connectivity index (χ0n) is 9.45. The number of nitrogens with one attached hydrogen (secondary N) is 1. The van der Waals surface area contributed by atoms with Gasteiger partial charge in [0, 0.05) is 9.26 Å². The largest absolute Gasteiger partial charge is 0.321 e. The van der Waals surface area contributed by atoms with Gasteiger partial charge < -0.3 is 5.32 Å². The Balaban J connectivity index is 2.16. The van der Waals surface area contributed by atoms with Crippen molar-refractivity contribution in [2.75, 3.05) is 5.32 Å². The fraction of sp³-hybridized carbons (Fsp3) is 0.0833. The van der Waals surface area contributed by atoms with Crippen molar-refractivity contribution in [1.29, 1.82) is 0 Å². The summed E-state index contributed by atoms with van der Waals surface area (Å²) in [5, 5.41) is 10.4. The molecule has 1 aromatic carbocycles. The number of aromatic nitrogens is 2. The van der Waals surface area contributed by atoms with E-state index < -0.39 is 0 Å². The molecule has 2 aromatic rings. The van der Waals surface area contributed by atoms with Crippen molar-refractivity contribution in [3.63, 3.8) is 0 Å². The minimum Gasteiger partial charge on any atom is -0.321 e. The van der Waals surface area contributed by atoms with E-state index in [1.54, 1.807) is 0 Å². The highest BCUT2D eigenvalue weighted by Crippen LogP contribution is 2.17. The summed E-state index contributed by atoms with van der Waals surface area (Å²) in [6.45, 7) is 2.01. The van der Waals surface area contributed by atoms with Crippen LogP contribution in [0.3, 0.4) is 0 Å². The molecule has 1 aromatic heterocycles. The molecular weight excluding hydrogens is 365 g/mol. The molecule has 4 nitrogen and oxygen atoms in total. The Morgan fingerprint density at radius 2 is 2.06 bits per heavy atom. The lowest BCUT2D eigenvalue weighted by molar-refractivity contribution is 0.102. The highest BCUT2D eigenvalue weighted by Gasteiger charge is 2.08. The minimum atomic E-state index is -0.307. The van der Waals surface area contributed by atoms with Crippen molar-refractivity contribution in [2.45, 2.75) is 6.92 Å². The number of anilines is 1. The smallest absolute Gasteiger partial charge is 0.276 e.